The van der Waals surface area contributed by atoms with E-state index >= 15 is 0 Å². The zero-order valence-electron chi connectivity index (χ0n) is 15.8. The quantitative estimate of drug-likeness (QED) is 0.779. The van der Waals surface area contributed by atoms with Crippen LogP contribution in [0.5, 0.6) is 0 Å². The molecule has 1 heterocycles. The lowest BCUT2D eigenvalue weighted by Crippen LogP contribution is -2.40. The highest BCUT2D eigenvalue weighted by atomic mass is 28.3. The third-order valence-electron chi connectivity index (χ3n) is 5.67. The first kappa shape index (κ1) is 17.7. The van der Waals surface area contributed by atoms with Gasteiger partial charge in [0, 0.05) is 13.1 Å². The van der Waals surface area contributed by atoms with Crippen molar-refractivity contribution in [1.29, 1.82) is 0 Å². The van der Waals surface area contributed by atoms with Gasteiger partial charge in [-0.25, -0.2) is 0 Å². The van der Waals surface area contributed by atoms with Crippen molar-refractivity contribution in [2.75, 3.05) is 27.2 Å². The van der Waals surface area contributed by atoms with Gasteiger partial charge in [0.25, 0.3) is 0 Å². The SMILES string of the molecule is CN1CCN(C)B1/C=C1/CCCC/C1=C/[Si](C)(C)c1ccccc1. The van der Waals surface area contributed by atoms with E-state index in [1.807, 2.05) is 0 Å². The van der Waals surface area contributed by atoms with Gasteiger partial charge in [-0.2, -0.15) is 0 Å². The fourth-order valence-electron chi connectivity index (χ4n) is 4.04. The molecule has 2 nitrogen and oxygen atoms in total. The van der Waals surface area contributed by atoms with Gasteiger partial charge in [0.15, 0.2) is 0 Å². The average Bonchev–Trinajstić information content (AvgIpc) is 2.89. The Balaban J connectivity index is 1.89. The highest BCUT2D eigenvalue weighted by Gasteiger charge is 2.31. The van der Waals surface area contributed by atoms with Crippen LogP contribution in [0.2, 0.25) is 13.1 Å². The molecule has 1 aromatic carbocycles. The van der Waals surface area contributed by atoms with Crippen molar-refractivity contribution in [3.8, 4) is 0 Å². The van der Waals surface area contributed by atoms with Gasteiger partial charge in [0.05, 0.1) is 0 Å². The van der Waals surface area contributed by atoms with Gasteiger partial charge < -0.3 is 9.62 Å². The molecule has 4 heteroatoms. The van der Waals surface area contributed by atoms with Gasteiger partial charge in [0.2, 0.25) is 0 Å². The van der Waals surface area contributed by atoms with Crippen LogP contribution in [-0.4, -0.2) is 51.9 Å². The van der Waals surface area contributed by atoms with Crippen LogP contribution >= 0.6 is 0 Å². The van der Waals surface area contributed by atoms with Crippen molar-refractivity contribution in [2.45, 2.75) is 38.8 Å². The molecule has 1 saturated heterocycles. The Labute approximate surface area is 149 Å². The average molecular weight is 338 g/mol. The first-order chi connectivity index (χ1) is 11.5. The molecule has 0 amide bonds. The summed E-state index contributed by atoms with van der Waals surface area (Å²) in [5.74, 6) is 2.55. The second-order valence-electron chi connectivity index (χ2n) is 8.03. The molecule has 2 fully saturated rings. The lowest BCUT2D eigenvalue weighted by Gasteiger charge is -2.26. The monoisotopic (exact) mass is 338 g/mol. The third kappa shape index (κ3) is 3.93. The minimum absolute atomic E-state index is 0.475. The van der Waals surface area contributed by atoms with Crippen molar-refractivity contribution in [1.82, 2.24) is 9.62 Å². The Morgan fingerprint density at radius 3 is 2.12 bits per heavy atom. The summed E-state index contributed by atoms with van der Waals surface area (Å²) in [4.78, 5) is 4.94. The van der Waals surface area contributed by atoms with Crippen molar-refractivity contribution in [2.24, 2.45) is 0 Å². The summed E-state index contributed by atoms with van der Waals surface area (Å²) in [6, 6.07) is 11.1. The third-order valence-corrected chi connectivity index (χ3v) is 8.56. The van der Waals surface area contributed by atoms with Crippen molar-refractivity contribution in [3.05, 3.63) is 53.2 Å². The largest absolute Gasteiger partial charge is 0.338 e. The first-order valence-electron chi connectivity index (χ1n) is 9.36. The zero-order chi connectivity index (χ0) is 17.2. The highest BCUT2D eigenvalue weighted by Crippen LogP contribution is 2.31. The molecular weight excluding hydrogens is 307 g/mol. The molecule has 0 radical (unpaired) electrons. The standard InChI is InChI=1S/C20H31BN2Si/c1-22-14-15-23(2)21(22)16-18-10-8-9-11-19(18)17-24(3,4)20-12-6-5-7-13-20/h5-7,12-13,16-17H,8-11,14-15H2,1-4H3/b18-16-,19-17-. The molecule has 0 aromatic heterocycles. The van der Waals surface area contributed by atoms with Crippen molar-refractivity contribution < 1.29 is 0 Å². The molecule has 2 aliphatic rings. The molecule has 1 saturated carbocycles. The molecule has 1 aliphatic heterocycles. The Morgan fingerprint density at radius 1 is 0.917 bits per heavy atom. The second kappa shape index (κ2) is 7.42. The molecule has 0 bridgehead atoms. The van der Waals surface area contributed by atoms with E-state index in [1.165, 1.54) is 44.0 Å². The zero-order valence-corrected chi connectivity index (χ0v) is 16.8. The predicted molar refractivity (Wildman–Crippen MR) is 109 cm³/mol. The van der Waals surface area contributed by atoms with E-state index in [9.17, 15) is 0 Å². The Bertz CT molecular complexity index is 614. The lowest BCUT2D eigenvalue weighted by atomic mass is 9.70. The molecule has 1 aromatic rings. The highest BCUT2D eigenvalue weighted by molar-refractivity contribution is 6.94. The molecule has 1 aliphatic carbocycles. The van der Waals surface area contributed by atoms with Crippen LogP contribution in [0.1, 0.15) is 25.7 Å². The summed E-state index contributed by atoms with van der Waals surface area (Å²) >= 11 is 0. The van der Waals surface area contributed by atoms with E-state index in [0.29, 0.717) is 6.98 Å². The molecule has 128 valence electrons. The number of nitrogens with zero attached hydrogens (tertiary/aromatic N) is 2. The first-order valence-corrected chi connectivity index (χ1v) is 12.4. The summed E-state index contributed by atoms with van der Waals surface area (Å²) in [7, 11) is 2.97. The minimum atomic E-state index is -1.53. The predicted octanol–water partition coefficient (Wildman–Crippen LogP) is 3.47. The van der Waals surface area contributed by atoms with Crippen LogP contribution in [0, 0.1) is 0 Å². The molecule has 0 atom stereocenters. The number of benzene rings is 1. The number of likely N-dealkylation sites (N-methyl/N-ethyl adjacent to an activating group) is 2. The molecule has 0 spiro atoms. The van der Waals surface area contributed by atoms with Crippen LogP contribution in [0.3, 0.4) is 0 Å². The van der Waals surface area contributed by atoms with Gasteiger partial charge in [-0.05, 0) is 39.8 Å². The molecule has 3 rings (SSSR count). The number of hydrogen-bond donors (Lipinski definition) is 0. The van der Waals surface area contributed by atoms with Crippen LogP contribution in [-0.2, 0) is 0 Å². The number of allylic oxidation sites excluding steroid dienone is 2. The smallest absolute Gasteiger partial charge is 0.326 e. The topological polar surface area (TPSA) is 6.48 Å². The minimum Gasteiger partial charge on any atom is -0.326 e. The Morgan fingerprint density at radius 2 is 1.50 bits per heavy atom. The van der Waals surface area contributed by atoms with Gasteiger partial charge >= 0.3 is 6.98 Å². The van der Waals surface area contributed by atoms with E-state index in [-0.39, 0.29) is 0 Å². The summed E-state index contributed by atoms with van der Waals surface area (Å²) in [5.41, 5.74) is 5.92. The van der Waals surface area contributed by atoms with Crippen LogP contribution < -0.4 is 5.19 Å². The summed E-state index contributed by atoms with van der Waals surface area (Å²) in [5, 5.41) is 1.54. The molecule has 0 N–H and O–H groups in total. The summed E-state index contributed by atoms with van der Waals surface area (Å²) in [6.45, 7) is 7.79. The second-order valence-corrected chi connectivity index (χ2v) is 12.3. The van der Waals surface area contributed by atoms with E-state index in [0.717, 1.165) is 0 Å². The van der Waals surface area contributed by atoms with Crippen molar-refractivity contribution >= 4 is 20.2 Å². The Kier molecular flexibility index (Phi) is 5.48. The maximum absolute atomic E-state index is 2.67. The van der Waals surface area contributed by atoms with E-state index in [4.69, 9.17) is 0 Å². The van der Waals surface area contributed by atoms with Crippen molar-refractivity contribution in [3.63, 3.8) is 0 Å². The molecule has 0 unspecified atom stereocenters. The van der Waals surface area contributed by atoms with Crippen LogP contribution in [0.25, 0.3) is 0 Å². The lowest BCUT2D eigenvalue weighted by molar-refractivity contribution is 0.553. The molecular formula is C20H31BN2Si. The maximum atomic E-state index is 2.67. The summed E-state index contributed by atoms with van der Waals surface area (Å²) in [6.07, 6.45) is 5.20. The van der Waals surface area contributed by atoms with Gasteiger partial charge in [-0.3, -0.25) is 0 Å². The number of hydrogen-bond acceptors (Lipinski definition) is 2. The van der Waals surface area contributed by atoms with Gasteiger partial charge in [-0.15, -0.1) is 0 Å². The molecule has 24 heavy (non-hydrogen) atoms. The maximum Gasteiger partial charge on any atom is 0.338 e. The number of rotatable bonds is 3. The van der Waals surface area contributed by atoms with E-state index < -0.39 is 8.07 Å². The van der Waals surface area contributed by atoms with Gasteiger partial charge in [0.1, 0.15) is 8.07 Å². The Hall–Kier alpha value is -1.10. The normalized spacial score (nSPS) is 24.2. The van der Waals surface area contributed by atoms with Crippen LogP contribution in [0.4, 0.5) is 0 Å². The fraction of sp³-hybridized carbons (Fsp3) is 0.500. The van der Waals surface area contributed by atoms with E-state index in [1.54, 1.807) is 11.1 Å². The summed E-state index contributed by atoms with van der Waals surface area (Å²) < 4.78 is 0. The van der Waals surface area contributed by atoms with Gasteiger partial charge in [-0.1, -0.05) is 71.4 Å². The van der Waals surface area contributed by atoms with E-state index in [2.05, 4.69) is 78.8 Å². The fourth-order valence-corrected chi connectivity index (χ4v) is 6.46. The van der Waals surface area contributed by atoms with Crippen LogP contribution in [0.15, 0.2) is 53.2 Å².